The zero-order valence-corrected chi connectivity index (χ0v) is 19.0. The third kappa shape index (κ3) is 3.46. The zero-order chi connectivity index (χ0) is 20.2. The van der Waals surface area contributed by atoms with Gasteiger partial charge in [-0.25, -0.2) is 4.39 Å². The molecule has 0 bridgehead atoms. The van der Waals surface area contributed by atoms with Crippen LogP contribution in [0.1, 0.15) is 47.7 Å². The Labute approximate surface area is 184 Å². The van der Waals surface area contributed by atoms with E-state index in [1.54, 1.807) is 4.57 Å². The molecule has 1 amide bonds. The van der Waals surface area contributed by atoms with Crippen LogP contribution in [0.4, 0.5) is 10.1 Å². The lowest BCUT2D eigenvalue weighted by atomic mass is 9.94. The van der Waals surface area contributed by atoms with Crippen molar-refractivity contribution >= 4 is 60.8 Å². The quantitative estimate of drug-likeness (QED) is 0.522. The molecule has 1 N–H and O–H groups in total. The minimum absolute atomic E-state index is 0.0412. The average molecular weight is 533 g/mol. The molecule has 2 fully saturated rings. The van der Waals surface area contributed by atoms with Crippen LogP contribution in [0.25, 0.3) is 0 Å². The van der Waals surface area contributed by atoms with E-state index in [2.05, 4.69) is 37.2 Å². The van der Waals surface area contributed by atoms with Gasteiger partial charge in [0.15, 0.2) is 0 Å². The molecule has 4 rings (SSSR count). The highest BCUT2D eigenvalue weighted by Crippen LogP contribution is 2.52. The van der Waals surface area contributed by atoms with Crippen LogP contribution in [0, 0.1) is 17.7 Å². The molecule has 2 saturated carbocycles. The van der Waals surface area contributed by atoms with Crippen LogP contribution < -0.4 is 5.32 Å². The highest BCUT2D eigenvalue weighted by Gasteiger charge is 2.43. The summed E-state index contributed by atoms with van der Waals surface area (Å²) < 4.78 is 16.9. The molecule has 2 aliphatic carbocycles. The number of aromatic nitrogens is 1. The van der Waals surface area contributed by atoms with Gasteiger partial charge in [0.1, 0.15) is 17.3 Å². The second kappa shape index (κ2) is 7.58. The molecular formula is C20H18Br2ClFN2O2. The van der Waals surface area contributed by atoms with E-state index in [1.165, 1.54) is 18.2 Å². The molecule has 0 saturated heterocycles. The molecule has 2 aromatic rings. The number of anilines is 1. The molecule has 2 atom stereocenters. The summed E-state index contributed by atoms with van der Waals surface area (Å²) >= 11 is 13.0. The highest BCUT2D eigenvalue weighted by molar-refractivity contribution is 9.13. The number of nitrogens with zero attached hydrogens (tertiary/aromatic N) is 1. The maximum Gasteiger partial charge on any atom is 0.272 e. The van der Waals surface area contributed by atoms with Crippen molar-refractivity contribution in [1.82, 2.24) is 4.57 Å². The lowest BCUT2D eigenvalue weighted by molar-refractivity contribution is -0.117. The number of Topliss-reactive ketones (excluding diaryl/α,β-unsaturated/α-hetero) is 1. The minimum atomic E-state index is -0.531. The monoisotopic (exact) mass is 530 g/mol. The van der Waals surface area contributed by atoms with Crippen molar-refractivity contribution < 1.29 is 14.0 Å². The summed E-state index contributed by atoms with van der Waals surface area (Å²) in [6.07, 6.45) is 3.13. The number of hydrogen-bond donors (Lipinski definition) is 1. The largest absolute Gasteiger partial charge is 0.333 e. The van der Waals surface area contributed by atoms with E-state index in [9.17, 15) is 14.0 Å². The Bertz CT molecular complexity index is 975. The van der Waals surface area contributed by atoms with Gasteiger partial charge >= 0.3 is 0 Å². The van der Waals surface area contributed by atoms with Crippen molar-refractivity contribution in [3.05, 3.63) is 49.4 Å². The summed E-state index contributed by atoms with van der Waals surface area (Å²) in [5.74, 6) is 0.585. The van der Waals surface area contributed by atoms with Crippen LogP contribution in [0.2, 0.25) is 5.02 Å². The Morgan fingerprint density at radius 1 is 1.25 bits per heavy atom. The molecule has 2 unspecified atom stereocenters. The first-order chi connectivity index (χ1) is 13.3. The number of rotatable bonds is 3. The molecule has 0 spiro atoms. The first kappa shape index (κ1) is 20.1. The Morgan fingerprint density at radius 2 is 1.89 bits per heavy atom. The molecule has 0 aliphatic heterocycles. The van der Waals surface area contributed by atoms with E-state index in [1.807, 2.05) is 7.05 Å². The molecule has 148 valence electrons. The number of amides is 1. The fourth-order valence-corrected chi connectivity index (χ4v) is 6.02. The first-order valence-corrected chi connectivity index (χ1v) is 11.0. The summed E-state index contributed by atoms with van der Waals surface area (Å²) in [4.78, 5) is 24.8. The van der Waals surface area contributed by atoms with Crippen LogP contribution in [-0.4, -0.2) is 16.3 Å². The number of carbonyl (C=O) groups is 2. The zero-order valence-electron chi connectivity index (χ0n) is 15.1. The maximum absolute atomic E-state index is 13.4. The Morgan fingerprint density at radius 3 is 2.50 bits per heavy atom. The minimum Gasteiger partial charge on any atom is -0.333 e. The van der Waals surface area contributed by atoms with Crippen molar-refractivity contribution in [3.8, 4) is 0 Å². The van der Waals surface area contributed by atoms with Crippen molar-refractivity contribution in [2.24, 2.45) is 18.9 Å². The summed E-state index contributed by atoms with van der Waals surface area (Å²) in [6, 6.07) is 4.11. The van der Waals surface area contributed by atoms with E-state index in [0.717, 1.165) is 27.5 Å². The van der Waals surface area contributed by atoms with Gasteiger partial charge in [-0.3, -0.25) is 9.59 Å². The molecule has 8 heteroatoms. The van der Waals surface area contributed by atoms with Crippen molar-refractivity contribution in [2.75, 3.05) is 5.32 Å². The van der Waals surface area contributed by atoms with Crippen molar-refractivity contribution in [1.29, 1.82) is 0 Å². The Balaban J connectivity index is 1.65. The summed E-state index contributed by atoms with van der Waals surface area (Å²) in [6.45, 7) is 0. The van der Waals surface area contributed by atoms with Gasteiger partial charge in [0, 0.05) is 31.1 Å². The molecule has 2 aliphatic rings. The van der Waals surface area contributed by atoms with Gasteiger partial charge in [-0.2, -0.15) is 0 Å². The number of ketones is 1. The Hall–Kier alpha value is -1.18. The molecule has 1 aromatic heterocycles. The van der Waals surface area contributed by atoms with E-state index in [4.69, 9.17) is 11.6 Å². The standard InChI is InChI=1S/C20H18Br2ClFN2O2/c1-26-18(20(28)25-12-2-3-15(24)14(23)8-12)16(17(21)19(26)22)11-4-9-6-13(27)7-10(9)5-11/h2-3,8-11H,4-7H2,1H3,(H,25,28). The smallest absolute Gasteiger partial charge is 0.272 e. The molecular weight excluding hydrogens is 514 g/mol. The average Bonchev–Trinajstić information content (AvgIpc) is 3.23. The van der Waals surface area contributed by atoms with E-state index < -0.39 is 5.82 Å². The topological polar surface area (TPSA) is 51.1 Å². The van der Waals surface area contributed by atoms with Crippen LogP contribution in [-0.2, 0) is 11.8 Å². The number of fused-ring (bicyclic) bond motifs is 1. The summed E-state index contributed by atoms with van der Waals surface area (Å²) in [5, 5.41) is 2.78. The number of halogens is 4. The van der Waals surface area contributed by atoms with Crippen LogP contribution in [0.3, 0.4) is 0 Å². The van der Waals surface area contributed by atoms with E-state index in [0.29, 0.717) is 41.8 Å². The van der Waals surface area contributed by atoms with Gasteiger partial charge in [-0.15, -0.1) is 0 Å². The fraction of sp³-hybridized carbons (Fsp3) is 0.400. The van der Waals surface area contributed by atoms with E-state index >= 15 is 0 Å². The lowest BCUT2D eigenvalue weighted by Crippen LogP contribution is -2.18. The van der Waals surface area contributed by atoms with Gasteiger partial charge in [0.2, 0.25) is 0 Å². The van der Waals surface area contributed by atoms with Crippen LogP contribution >= 0.6 is 43.5 Å². The number of nitrogens with one attached hydrogen (secondary N) is 1. The Kier molecular flexibility index (Phi) is 5.44. The van der Waals surface area contributed by atoms with Gasteiger partial charge in [0.05, 0.1) is 14.1 Å². The van der Waals surface area contributed by atoms with Gasteiger partial charge in [-0.05, 0) is 80.7 Å². The maximum atomic E-state index is 13.4. The molecule has 0 radical (unpaired) electrons. The SMILES string of the molecule is Cn1c(Br)c(Br)c(C2CC3CC(=O)CC3C2)c1C(=O)Nc1ccc(F)c(Cl)c1. The number of benzene rings is 1. The molecule has 4 nitrogen and oxygen atoms in total. The second-order valence-corrected chi connectivity index (χ2v) is 9.60. The number of hydrogen-bond acceptors (Lipinski definition) is 2. The molecule has 1 heterocycles. The van der Waals surface area contributed by atoms with Gasteiger partial charge in [-0.1, -0.05) is 11.6 Å². The molecule has 1 aromatic carbocycles. The van der Waals surface area contributed by atoms with Crippen LogP contribution in [0.5, 0.6) is 0 Å². The van der Waals surface area contributed by atoms with Crippen LogP contribution in [0.15, 0.2) is 27.3 Å². The predicted molar refractivity (Wildman–Crippen MR) is 113 cm³/mol. The highest BCUT2D eigenvalue weighted by atomic mass is 79.9. The van der Waals surface area contributed by atoms with Gasteiger partial charge in [0.25, 0.3) is 5.91 Å². The fourth-order valence-electron chi connectivity index (χ4n) is 4.67. The van der Waals surface area contributed by atoms with Crippen molar-refractivity contribution in [2.45, 2.75) is 31.6 Å². The normalized spacial score (nSPS) is 23.9. The molecule has 28 heavy (non-hydrogen) atoms. The third-order valence-corrected chi connectivity index (χ3v) is 8.48. The number of carbonyl (C=O) groups excluding carboxylic acids is 2. The first-order valence-electron chi connectivity index (χ1n) is 9.08. The van der Waals surface area contributed by atoms with Crippen molar-refractivity contribution in [3.63, 3.8) is 0 Å². The second-order valence-electron chi connectivity index (χ2n) is 7.64. The predicted octanol–water partition coefficient (Wildman–Crippen LogP) is 6.07. The third-order valence-electron chi connectivity index (χ3n) is 5.92. The lowest BCUT2D eigenvalue weighted by Gasteiger charge is -2.15. The summed E-state index contributed by atoms with van der Waals surface area (Å²) in [5.41, 5.74) is 1.95. The van der Waals surface area contributed by atoms with E-state index in [-0.39, 0.29) is 16.8 Å². The summed E-state index contributed by atoms with van der Waals surface area (Å²) in [7, 11) is 1.82. The van der Waals surface area contributed by atoms with Gasteiger partial charge < -0.3 is 9.88 Å².